The number of benzene rings is 2. The molecular weight excluding hydrogens is 468 g/mol. The normalized spacial score (nSPS) is 21.9. The summed E-state index contributed by atoms with van der Waals surface area (Å²) >= 11 is 0. The minimum absolute atomic E-state index is 0.0533. The monoisotopic (exact) mass is 498 g/mol. The van der Waals surface area contributed by atoms with Gasteiger partial charge in [-0.3, -0.25) is 24.1 Å². The Balaban J connectivity index is 1.39. The van der Waals surface area contributed by atoms with Crippen LogP contribution in [0.1, 0.15) is 41.9 Å². The van der Waals surface area contributed by atoms with Gasteiger partial charge in [-0.05, 0) is 29.5 Å². The van der Waals surface area contributed by atoms with Crippen molar-refractivity contribution < 1.29 is 19.2 Å². The van der Waals surface area contributed by atoms with Crippen LogP contribution in [0.5, 0.6) is 0 Å². The highest BCUT2D eigenvalue weighted by Gasteiger charge is 2.53. The molecule has 5 rings (SSSR count). The molecule has 1 aromatic heterocycles. The summed E-state index contributed by atoms with van der Waals surface area (Å²) in [6.45, 7) is 0.801. The van der Waals surface area contributed by atoms with E-state index < -0.39 is 5.41 Å². The molecule has 2 saturated heterocycles. The fourth-order valence-corrected chi connectivity index (χ4v) is 5.54. The Morgan fingerprint density at radius 3 is 2.32 bits per heavy atom. The fraction of sp³-hybridized carbons (Fsp3) is 0.345. The van der Waals surface area contributed by atoms with Gasteiger partial charge in [0.1, 0.15) is 0 Å². The molecule has 2 aliphatic rings. The molecule has 2 fully saturated rings. The van der Waals surface area contributed by atoms with E-state index in [1.165, 1.54) is 7.05 Å². The van der Waals surface area contributed by atoms with E-state index in [2.05, 4.69) is 4.98 Å². The lowest BCUT2D eigenvalue weighted by Gasteiger charge is -2.35. The quantitative estimate of drug-likeness (QED) is 0.384. The average Bonchev–Trinajstić information content (AvgIpc) is 3.45. The first-order valence-corrected chi connectivity index (χ1v) is 12.6. The van der Waals surface area contributed by atoms with E-state index >= 15 is 0 Å². The van der Waals surface area contributed by atoms with Gasteiger partial charge in [-0.1, -0.05) is 54.6 Å². The molecule has 3 aromatic rings. The number of imide groups is 1. The number of rotatable bonds is 6. The summed E-state index contributed by atoms with van der Waals surface area (Å²) in [5.41, 5.74) is 1.43. The number of piperidine rings is 1. The van der Waals surface area contributed by atoms with Crippen molar-refractivity contribution in [3.63, 3.8) is 0 Å². The van der Waals surface area contributed by atoms with Crippen LogP contribution in [0.4, 0.5) is 0 Å². The Kier molecular flexibility index (Phi) is 6.50. The van der Waals surface area contributed by atoms with Gasteiger partial charge in [-0.15, -0.1) is 0 Å². The Labute approximate surface area is 215 Å². The summed E-state index contributed by atoms with van der Waals surface area (Å²) in [6, 6.07) is 17.4. The van der Waals surface area contributed by atoms with Crippen LogP contribution in [-0.2, 0) is 26.8 Å². The molecule has 0 spiro atoms. The number of hydrogen-bond donors (Lipinski definition) is 0. The van der Waals surface area contributed by atoms with Crippen LogP contribution in [0.25, 0.3) is 11.1 Å². The van der Waals surface area contributed by atoms with Gasteiger partial charge in [-0.2, -0.15) is 0 Å². The first-order valence-electron chi connectivity index (χ1n) is 12.6. The molecule has 3 heterocycles. The lowest BCUT2D eigenvalue weighted by molar-refractivity contribution is -0.142. The fourth-order valence-electron chi connectivity index (χ4n) is 5.54. The third-order valence-corrected chi connectivity index (χ3v) is 7.73. The van der Waals surface area contributed by atoms with E-state index in [4.69, 9.17) is 0 Å². The standard InChI is InChI=1S/C29H30N4O4/c1-31-16-14-30-27(31)26(36)22-9-6-15-33(19-22)25(35)18-29(17-24(34)32(2)28(29)37)23-12-10-21(11-13-23)20-7-4-3-5-8-20/h3-5,7-8,10-14,16,22H,6,9,15,17-19H2,1-2H3. The minimum Gasteiger partial charge on any atom is -0.342 e. The number of nitrogens with zero attached hydrogens (tertiary/aromatic N) is 4. The second-order valence-corrected chi connectivity index (χ2v) is 10.0. The Bertz CT molecular complexity index is 1350. The number of ketones is 1. The van der Waals surface area contributed by atoms with Gasteiger partial charge in [0.25, 0.3) is 0 Å². The molecule has 0 radical (unpaired) electrons. The summed E-state index contributed by atoms with van der Waals surface area (Å²) < 4.78 is 1.69. The minimum atomic E-state index is -1.26. The van der Waals surface area contributed by atoms with E-state index in [-0.39, 0.29) is 48.8 Å². The van der Waals surface area contributed by atoms with Gasteiger partial charge in [0.2, 0.25) is 23.5 Å². The molecule has 3 amide bonds. The van der Waals surface area contributed by atoms with E-state index in [1.54, 1.807) is 28.9 Å². The van der Waals surface area contributed by atoms with Crippen molar-refractivity contribution in [2.75, 3.05) is 20.1 Å². The highest BCUT2D eigenvalue weighted by atomic mass is 16.2. The van der Waals surface area contributed by atoms with Crippen LogP contribution in [0.3, 0.4) is 0 Å². The number of carbonyl (C=O) groups excluding carboxylic acids is 4. The van der Waals surface area contributed by atoms with Crippen molar-refractivity contribution in [2.45, 2.75) is 31.1 Å². The zero-order valence-corrected chi connectivity index (χ0v) is 21.1. The van der Waals surface area contributed by atoms with Gasteiger partial charge in [0.15, 0.2) is 5.82 Å². The molecule has 0 N–H and O–H groups in total. The second-order valence-electron chi connectivity index (χ2n) is 10.0. The smallest absolute Gasteiger partial charge is 0.240 e. The highest BCUT2D eigenvalue weighted by molar-refractivity contribution is 6.10. The van der Waals surface area contributed by atoms with E-state index in [0.717, 1.165) is 16.0 Å². The summed E-state index contributed by atoms with van der Waals surface area (Å²) in [4.78, 5) is 59.7. The third kappa shape index (κ3) is 4.48. The van der Waals surface area contributed by atoms with Gasteiger partial charge >= 0.3 is 0 Å². The summed E-state index contributed by atoms with van der Waals surface area (Å²) in [7, 11) is 3.25. The van der Waals surface area contributed by atoms with E-state index in [9.17, 15) is 19.2 Å². The first-order chi connectivity index (χ1) is 17.8. The van der Waals surface area contributed by atoms with Crippen molar-refractivity contribution in [1.82, 2.24) is 19.4 Å². The van der Waals surface area contributed by atoms with Crippen LogP contribution in [0.15, 0.2) is 67.0 Å². The zero-order chi connectivity index (χ0) is 26.2. The number of aryl methyl sites for hydroxylation is 1. The number of likely N-dealkylation sites (N-methyl/N-ethyl adjacent to an activating group) is 1. The molecule has 0 saturated carbocycles. The van der Waals surface area contributed by atoms with E-state index in [1.807, 2.05) is 54.6 Å². The predicted molar refractivity (Wildman–Crippen MR) is 137 cm³/mol. The van der Waals surface area contributed by atoms with Crippen molar-refractivity contribution in [2.24, 2.45) is 13.0 Å². The summed E-state index contributed by atoms with van der Waals surface area (Å²) in [5.74, 6) is -0.928. The predicted octanol–water partition coefficient (Wildman–Crippen LogP) is 3.23. The summed E-state index contributed by atoms with van der Waals surface area (Å²) in [6.07, 6.45) is 4.52. The molecule has 8 nitrogen and oxygen atoms in total. The highest BCUT2D eigenvalue weighted by Crippen LogP contribution is 2.41. The number of aromatic nitrogens is 2. The van der Waals surface area contributed by atoms with Crippen LogP contribution in [0, 0.1) is 5.92 Å². The van der Waals surface area contributed by atoms with Crippen LogP contribution < -0.4 is 0 Å². The van der Waals surface area contributed by atoms with Gasteiger partial charge in [-0.25, -0.2) is 4.98 Å². The SMILES string of the molecule is CN1C(=O)CC(CC(=O)N2CCCC(C(=O)c3nccn3C)C2)(c2ccc(-c3ccccc3)cc2)C1=O. The lowest BCUT2D eigenvalue weighted by Crippen LogP contribution is -2.47. The zero-order valence-electron chi connectivity index (χ0n) is 21.1. The lowest BCUT2D eigenvalue weighted by atomic mass is 9.75. The molecule has 0 bridgehead atoms. The Hall–Kier alpha value is -4.07. The number of imidazole rings is 1. The third-order valence-electron chi connectivity index (χ3n) is 7.73. The Morgan fingerprint density at radius 2 is 1.70 bits per heavy atom. The number of amides is 3. The van der Waals surface area contributed by atoms with Gasteiger partial charge in [0, 0.05) is 58.3 Å². The molecule has 2 aliphatic heterocycles. The van der Waals surface area contributed by atoms with Crippen molar-refractivity contribution in [3.8, 4) is 11.1 Å². The maximum Gasteiger partial charge on any atom is 0.240 e. The van der Waals surface area contributed by atoms with Crippen LogP contribution in [0.2, 0.25) is 0 Å². The van der Waals surface area contributed by atoms with Crippen LogP contribution >= 0.6 is 0 Å². The Morgan fingerprint density at radius 1 is 1.00 bits per heavy atom. The second kappa shape index (κ2) is 9.76. The maximum atomic E-state index is 13.6. The molecule has 2 aromatic carbocycles. The summed E-state index contributed by atoms with van der Waals surface area (Å²) in [5, 5.41) is 0. The number of hydrogen-bond acceptors (Lipinski definition) is 5. The molecule has 190 valence electrons. The largest absolute Gasteiger partial charge is 0.342 e. The van der Waals surface area contributed by atoms with Gasteiger partial charge in [0.05, 0.1) is 5.41 Å². The molecule has 2 atom stereocenters. The molecular formula is C29H30N4O4. The number of Topliss-reactive ketones (excluding diaryl/α,β-unsaturated/α-hetero) is 1. The molecule has 8 heteroatoms. The molecule has 37 heavy (non-hydrogen) atoms. The van der Waals surface area contributed by atoms with Crippen molar-refractivity contribution in [1.29, 1.82) is 0 Å². The number of likely N-dealkylation sites (tertiary alicyclic amines) is 2. The van der Waals surface area contributed by atoms with E-state index in [0.29, 0.717) is 30.8 Å². The van der Waals surface area contributed by atoms with Crippen molar-refractivity contribution in [3.05, 3.63) is 78.4 Å². The topological polar surface area (TPSA) is 92.6 Å². The first kappa shape index (κ1) is 24.6. The van der Waals surface area contributed by atoms with Crippen molar-refractivity contribution >= 4 is 23.5 Å². The van der Waals surface area contributed by atoms with Crippen LogP contribution in [-0.4, -0.2) is 63.0 Å². The number of carbonyl (C=O) groups is 4. The average molecular weight is 499 g/mol. The maximum absolute atomic E-state index is 13.6. The molecule has 2 unspecified atom stereocenters. The van der Waals surface area contributed by atoms with Gasteiger partial charge < -0.3 is 9.47 Å². The molecule has 0 aliphatic carbocycles.